The summed E-state index contributed by atoms with van der Waals surface area (Å²) in [6, 6.07) is 9.37. The van der Waals surface area contributed by atoms with Gasteiger partial charge < -0.3 is 25.2 Å². The Kier molecular flexibility index (Phi) is 9.85. The summed E-state index contributed by atoms with van der Waals surface area (Å²) in [6.07, 6.45) is 6.32. The number of methoxy groups -OCH3 is 1. The van der Waals surface area contributed by atoms with Crippen molar-refractivity contribution in [3.8, 4) is 5.75 Å². The topological polar surface area (TPSA) is 98.3 Å². The molecule has 0 unspecified atom stereocenters. The van der Waals surface area contributed by atoms with Crippen molar-refractivity contribution < 1.29 is 23.1 Å². The number of carbonyl (C=O) groups excluding carboxylic acids is 1. The number of carbonyl (C=O) groups is 1. The summed E-state index contributed by atoms with van der Waals surface area (Å²) in [6.45, 7) is 7.87. The van der Waals surface area contributed by atoms with Gasteiger partial charge in [0.05, 0.1) is 36.8 Å². The van der Waals surface area contributed by atoms with Crippen LogP contribution in [0.3, 0.4) is 0 Å². The fourth-order valence-electron chi connectivity index (χ4n) is 6.80. The lowest BCUT2D eigenvalue weighted by Crippen LogP contribution is -2.45. The van der Waals surface area contributed by atoms with Crippen molar-refractivity contribution in [3.05, 3.63) is 72.6 Å². The zero-order valence-corrected chi connectivity index (χ0v) is 27.1. The Balaban J connectivity index is 1.22. The number of nitrogens with zero attached hydrogens (tertiary/aromatic N) is 6. The predicted octanol–water partition coefficient (Wildman–Crippen LogP) is 5.12. The van der Waals surface area contributed by atoms with E-state index in [1.807, 2.05) is 12.1 Å². The third-order valence-corrected chi connectivity index (χ3v) is 9.37. The van der Waals surface area contributed by atoms with Crippen molar-refractivity contribution in [1.82, 2.24) is 19.8 Å². The van der Waals surface area contributed by atoms with Crippen LogP contribution in [0.25, 0.3) is 0 Å². The van der Waals surface area contributed by atoms with Gasteiger partial charge in [0.15, 0.2) is 5.82 Å². The number of benzene rings is 2. The summed E-state index contributed by atoms with van der Waals surface area (Å²) >= 11 is 0. The molecule has 0 bridgehead atoms. The number of halogens is 2. The number of likely N-dealkylation sites (N-methyl/N-ethyl adjacent to an activating group) is 1. The molecule has 1 aromatic heterocycles. The van der Waals surface area contributed by atoms with E-state index in [-0.39, 0.29) is 11.5 Å². The SMILES string of the molecule is C=CC(=O)Nc1cc(Nc2cc(N3OCC[C@@H]3c3cc(F)ccc3F)ncn2)c(OC)cc1N1CCC(N2CC[C@@H](N(C)C)C2)CC1. The van der Waals surface area contributed by atoms with Gasteiger partial charge in [0, 0.05) is 62.4 Å². The minimum atomic E-state index is -0.563. The number of rotatable bonds is 10. The second-order valence-electron chi connectivity index (χ2n) is 12.4. The molecule has 3 fully saturated rings. The molecule has 47 heavy (non-hydrogen) atoms. The highest BCUT2D eigenvalue weighted by Crippen LogP contribution is 2.41. The van der Waals surface area contributed by atoms with E-state index in [9.17, 15) is 13.6 Å². The zero-order valence-electron chi connectivity index (χ0n) is 27.1. The minimum Gasteiger partial charge on any atom is -0.494 e. The number of hydrogen-bond donors (Lipinski definition) is 2. The predicted molar refractivity (Wildman–Crippen MR) is 178 cm³/mol. The van der Waals surface area contributed by atoms with Gasteiger partial charge in [0.2, 0.25) is 5.91 Å². The molecule has 2 aromatic carbocycles. The van der Waals surface area contributed by atoms with E-state index in [4.69, 9.17) is 9.57 Å². The van der Waals surface area contributed by atoms with Gasteiger partial charge in [-0.15, -0.1) is 0 Å². The summed E-state index contributed by atoms with van der Waals surface area (Å²) in [7, 11) is 5.90. The van der Waals surface area contributed by atoms with Gasteiger partial charge in [-0.05, 0) is 63.7 Å². The Bertz CT molecular complexity index is 1600. The van der Waals surface area contributed by atoms with Crippen LogP contribution in [0, 0.1) is 11.6 Å². The highest BCUT2D eigenvalue weighted by atomic mass is 19.1. The summed E-state index contributed by atoms with van der Waals surface area (Å²) in [5, 5.41) is 7.73. The van der Waals surface area contributed by atoms with Crippen molar-refractivity contribution in [2.75, 3.05) is 74.6 Å². The Hall–Kier alpha value is -4.33. The van der Waals surface area contributed by atoms with Crippen molar-refractivity contribution in [3.63, 3.8) is 0 Å². The number of hydrogen-bond acceptors (Lipinski definition) is 10. The van der Waals surface area contributed by atoms with E-state index in [1.165, 1.54) is 30.0 Å². The largest absolute Gasteiger partial charge is 0.494 e. The van der Waals surface area contributed by atoms with E-state index < -0.39 is 17.7 Å². The normalized spacial score (nSPS) is 20.6. The average Bonchev–Trinajstić information content (AvgIpc) is 3.77. The Labute approximate surface area is 274 Å². The Morgan fingerprint density at radius 3 is 2.60 bits per heavy atom. The summed E-state index contributed by atoms with van der Waals surface area (Å²) in [5.74, 6) is -0.0148. The fraction of sp³-hybridized carbons (Fsp3) is 0.441. The number of aromatic nitrogens is 2. The number of amides is 1. The molecule has 2 N–H and O–H groups in total. The molecule has 2 atom stereocenters. The molecule has 0 radical (unpaired) electrons. The molecule has 3 aliphatic heterocycles. The molecule has 3 aromatic rings. The van der Waals surface area contributed by atoms with Crippen LogP contribution >= 0.6 is 0 Å². The van der Waals surface area contributed by atoms with Gasteiger partial charge in [0.25, 0.3) is 0 Å². The molecule has 6 rings (SSSR count). The Morgan fingerprint density at radius 1 is 1.06 bits per heavy atom. The molecular weight excluding hydrogens is 606 g/mol. The number of hydroxylamine groups is 1. The summed E-state index contributed by atoms with van der Waals surface area (Å²) in [4.78, 5) is 34.3. The van der Waals surface area contributed by atoms with Crippen LogP contribution in [0.2, 0.25) is 0 Å². The minimum absolute atomic E-state index is 0.192. The summed E-state index contributed by atoms with van der Waals surface area (Å²) < 4.78 is 34.5. The van der Waals surface area contributed by atoms with Crippen molar-refractivity contribution in [1.29, 1.82) is 0 Å². The van der Waals surface area contributed by atoms with Crippen LogP contribution in [0.5, 0.6) is 5.75 Å². The maximum absolute atomic E-state index is 14.7. The third-order valence-electron chi connectivity index (χ3n) is 9.37. The number of anilines is 5. The first-order valence-corrected chi connectivity index (χ1v) is 16.0. The fourth-order valence-corrected chi connectivity index (χ4v) is 6.80. The van der Waals surface area contributed by atoms with Crippen LogP contribution in [0.15, 0.2) is 55.4 Å². The first-order chi connectivity index (χ1) is 22.7. The van der Waals surface area contributed by atoms with Crippen LogP contribution in [-0.2, 0) is 9.63 Å². The molecule has 3 aliphatic rings. The first-order valence-electron chi connectivity index (χ1n) is 16.0. The van der Waals surface area contributed by atoms with Crippen LogP contribution < -0.4 is 25.3 Å². The first kappa shape index (κ1) is 32.6. The van der Waals surface area contributed by atoms with E-state index in [1.54, 1.807) is 13.2 Å². The molecule has 0 saturated carbocycles. The standard InChI is InChI=1S/C34H42F2N8O3/c1-5-34(45)40-27-17-28(31(46-4)18-30(27)42-12-8-23(9-13-42)43-14-10-24(20-43)41(2)3)39-32-19-33(38-21-37-32)44-29(11-15-47-44)25-16-22(35)6-7-26(25)36/h5-7,16-19,21,23-24,29H,1,8-15,20H2,2-4H3,(H,40,45)(H,37,38,39)/t24-,29-/m1/s1. The molecule has 3 saturated heterocycles. The monoisotopic (exact) mass is 648 g/mol. The van der Waals surface area contributed by atoms with Gasteiger partial charge in [-0.25, -0.2) is 23.8 Å². The van der Waals surface area contributed by atoms with Crippen LogP contribution in [-0.4, -0.2) is 91.7 Å². The highest BCUT2D eigenvalue weighted by molar-refractivity contribution is 6.02. The van der Waals surface area contributed by atoms with E-state index in [0.29, 0.717) is 53.9 Å². The smallest absolute Gasteiger partial charge is 0.247 e. The van der Waals surface area contributed by atoms with Gasteiger partial charge in [-0.1, -0.05) is 6.58 Å². The maximum atomic E-state index is 14.7. The Morgan fingerprint density at radius 2 is 1.87 bits per heavy atom. The number of likely N-dealkylation sites (tertiary alicyclic amines) is 1. The second-order valence-corrected chi connectivity index (χ2v) is 12.4. The van der Waals surface area contributed by atoms with Crippen molar-refractivity contribution >= 4 is 34.6 Å². The van der Waals surface area contributed by atoms with Crippen LogP contribution in [0.4, 0.5) is 37.5 Å². The molecule has 0 spiro atoms. The van der Waals surface area contributed by atoms with Gasteiger partial charge >= 0.3 is 0 Å². The zero-order chi connectivity index (χ0) is 33.1. The van der Waals surface area contributed by atoms with E-state index in [0.717, 1.165) is 56.8 Å². The number of nitrogens with one attached hydrogen (secondary N) is 2. The lowest BCUT2D eigenvalue weighted by atomic mass is 10.0. The quantitative estimate of drug-likeness (QED) is 0.289. The molecule has 4 heterocycles. The van der Waals surface area contributed by atoms with E-state index >= 15 is 0 Å². The molecule has 1 amide bonds. The molecule has 0 aliphatic carbocycles. The van der Waals surface area contributed by atoms with Crippen molar-refractivity contribution in [2.24, 2.45) is 0 Å². The third kappa shape index (κ3) is 7.16. The van der Waals surface area contributed by atoms with Crippen molar-refractivity contribution in [2.45, 2.75) is 43.8 Å². The molecular formula is C34H42F2N8O3. The van der Waals surface area contributed by atoms with Gasteiger partial charge in [-0.2, -0.15) is 0 Å². The highest BCUT2D eigenvalue weighted by Gasteiger charge is 2.33. The molecule has 11 nitrogen and oxygen atoms in total. The number of ether oxygens (including phenoxy) is 1. The number of piperidine rings is 1. The lowest BCUT2D eigenvalue weighted by Gasteiger charge is -2.39. The molecule has 13 heteroatoms. The van der Waals surface area contributed by atoms with Crippen LogP contribution in [0.1, 0.15) is 37.3 Å². The maximum Gasteiger partial charge on any atom is 0.247 e. The average molecular weight is 649 g/mol. The lowest BCUT2D eigenvalue weighted by molar-refractivity contribution is -0.111. The van der Waals surface area contributed by atoms with Gasteiger partial charge in [0.1, 0.15) is 29.5 Å². The summed E-state index contributed by atoms with van der Waals surface area (Å²) in [5.41, 5.74) is 2.24. The molecule has 250 valence electrons. The second kappa shape index (κ2) is 14.2. The van der Waals surface area contributed by atoms with E-state index in [2.05, 4.69) is 56.0 Å². The van der Waals surface area contributed by atoms with Gasteiger partial charge in [-0.3, -0.25) is 14.5 Å².